The van der Waals surface area contributed by atoms with Crippen molar-refractivity contribution in [2.75, 3.05) is 5.75 Å². The van der Waals surface area contributed by atoms with Crippen molar-refractivity contribution in [3.05, 3.63) is 65.4 Å². The molecule has 37 heavy (non-hydrogen) atoms. The molecule has 0 spiro atoms. The number of carbonyl (C=O) groups excluding carboxylic acids is 1. The maximum atomic E-state index is 12.5. The highest BCUT2D eigenvalue weighted by atomic mass is 32.2. The van der Waals surface area contributed by atoms with E-state index in [4.69, 9.17) is 0 Å². The van der Waals surface area contributed by atoms with Crippen LogP contribution in [0.15, 0.2) is 53.4 Å². The highest BCUT2D eigenvalue weighted by molar-refractivity contribution is 7.91. The van der Waals surface area contributed by atoms with Gasteiger partial charge in [0.1, 0.15) is 0 Å². The monoisotopic (exact) mass is 538 g/mol. The lowest BCUT2D eigenvalue weighted by Crippen LogP contribution is -2.24. The second-order valence-electron chi connectivity index (χ2n) is 9.41. The van der Waals surface area contributed by atoms with Gasteiger partial charge in [-0.2, -0.15) is 13.2 Å². The molecule has 1 aliphatic rings. The van der Waals surface area contributed by atoms with Gasteiger partial charge in [-0.1, -0.05) is 38.3 Å². The van der Waals surface area contributed by atoms with Gasteiger partial charge in [0.15, 0.2) is 9.84 Å². The number of benzene rings is 2. The van der Waals surface area contributed by atoms with Crippen molar-refractivity contribution in [3.63, 3.8) is 0 Å². The number of sulfone groups is 1. The molecule has 204 valence electrons. The van der Waals surface area contributed by atoms with Crippen LogP contribution in [0.25, 0.3) is 10.9 Å². The molecule has 1 fully saturated rings. The number of aryl methyl sites for hydroxylation is 2. The molecular weight excluding hydrogens is 501 g/mol. The maximum absolute atomic E-state index is 12.5. The van der Waals surface area contributed by atoms with Crippen LogP contribution in [0.5, 0.6) is 0 Å². The van der Waals surface area contributed by atoms with E-state index in [-0.39, 0.29) is 13.1 Å². The Labute approximate surface area is 218 Å². The zero-order chi connectivity index (χ0) is 27.2. The van der Waals surface area contributed by atoms with E-state index in [1.165, 1.54) is 5.69 Å². The Balaban J connectivity index is 0.000000389. The summed E-state index contributed by atoms with van der Waals surface area (Å²) in [6.45, 7) is 7.02. The Morgan fingerprint density at radius 3 is 2.22 bits per heavy atom. The van der Waals surface area contributed by atoms with Gasteiger partial charge in [-0.25, -0.2) is 8.42 Å². The van der Waals surface area contributed by atoms with Crippen LogP contribution in [0.1, 0.15) is 69.0 Å². The summed E-state index contributed by atoms with van der Waals surface area (Å²) < 4.78 is 61.7. The predicted octanol–water partition coefficient (Wildman–Crippen LogP) is 7.07. The number of hydrogen-bond acceptors (Lipinski definition) is 3. The number of fused-ring (bicyclic) bond motifs is 1. The first-order chi connectivity index (χ1) is 17.5. The minimum atomic E-state index is -3.93. The molecule has 1 heterocycles. The molecule has 1 saturated carbocycles. The van der Waals surface area contributed by atoms with Crippen LogP contribution < -0.4 is 5.32 Å². The second-order valence-corrected chi connectivity index (χ2v) is 11.7. The van der Waals surface area contributed by atoms with E-state index in [1.54, 1.807) is 31.2 Å². The summed E-state index contributed by atoms with van der Waals surface area (Å²) in [6.07, 6.45) is -0.742. The molecule has 1 amide bonds. The summed E-state index contributed by atoms with van der Waals surface area (Å²) in [6, 6.07) is 14.4. The standard InChI is InChI=1S/C21H24N2O3S.C7H11F3.H2/c1-4-23-15(3)12-18-13-17(8-11-20(18)23)21(24)22-14-16-6-9-19(10-7-16)27(25,26)5-2;8-7(9,10)6-4-2-1-3-5-6;/h6-13H,4-5,14H2,1-3H3,(H,22,24);6H,1-5H2;1H. The summed E-state index contributed by atoms with van der Waals surface area (Å²) in [4.78, 5) is 12.8. The van der Waals surface area contributed by atoms with Crippen molar-refractivity contribution in [2.24, 2.45) is 5.92 Å². The third-order valence-electron chi connectivity index (χ3n) is 6.87. The van der Waals surface area contributed by atoms with Gasteiger partial charge in [0, 0.05) is 36.7 Å². The van der Waals surface area contributed by atoms with Gasteiger partial charge in [0.2, 0.25) is 0 Å². The van der Waals surface area contributed by atoms with E-state index in [1.807, 2.05) is 18.2 Å². The summed E-state index contributed by atoms with van der Waals surface area (Å²) in [5.41, 5.74) is 3.76. The molecular formula is C28H37F3N2O3S. The first-order valence-electron chi connectivity index (χ1n) is 12.7. The van der Waals surface area contributed by atoms with Gasteiger partial charge in [0.25, 0.3) is 5.91 Å². The highest BCUT2D eigenvalue weighted by Gasteiger charge is 2.39. The number of hydrogen-bond donors (Lipinski definition) is 1. The van der Waals surface area contributed by atoms with Gasteiger partial charge in [0.05, 0.1) is 16.6 Å². The Hall–Kier alpha value is -2.81. The van der Waals surface area contributed by atoms with Crippen molar-refractivity contribution in [1.82, 2.24) is 9.88 Å². The number of carbonyl (C=O) groups is 1. The maximum Gasteiger partial charge on any atom is 0.391 e. The largest absolute Gasteiger partial charge is 0.391 e. The first-order valence-corrected chi connectivity index (χ1v) is 14.4. The van der Waals surface area contributed by atoms with Gasteiger partial charge in [-0.3, -0.25) is 4.79 Å². The molecule has 2 aromatic carbocycles. The molecule has 0 aliphatic heterocycles. The second kappa shape index (κ2) is 12.2. The van der Waals surface area contributed by atoms with Crippen molar-refractivity contribution in [2.45, 2.75) is 77.0 Å². The first kappa shape index (κ1) is 28.8. The Kier molecular flexibility index (Phi) is 9.45. The molecule has 3 aromatic rings. The normalized spacial score (nSPS) is 14.8. The van der Waals surface area contributed by atoms with E-state index in [0.717, 1.165) is 42.3 Å². The van der Waals surface area contributed by atoms with Crippen molar-refractivity contribution in [1.29, 1.82) is 0 Å². The average molecular weight is 539 g/mol. The quantitative estimate of drug-likeness (QED) is 0.365. The molecule has 1 aliphatic carbocycles. The predicted molar refractivity (Wildman–Crippen MR) is 142 cm³/mol. The third kappa shape index (κ3) is 7.37. The molecule has 1 N–H and O–H groups in total. The third-order valence-corrected chi connectivity index (χ3v) is 8.62. The van der Waals surface area contributed by atoms with Crippen LogP contribution in [-0.4, -0.2) is 30.8 Å². The molecule has 0 bridgehead atoms. The molecule has 4 rings (SSSR count). The van der Waals surface area contributed by atoms with Gasteiger partial charge < -0.3 is 9.88 Å². The van der Waals surface area contributed by atoms with Crippen molar-refractivity contribution in [3.8, 4) is 0 Å². The van der Waals surface area contributed by atoms with E-state index in [9.17, 15) is 26.4 Å². The topological polar surface area (TPSA) is 68.2 Å². The van der Waals surface area contributed by atoms with Gasteiger partial charge >= 0.3 is 6.18 Å². The molecule has 0 radical (unpaired) electrons. The van der Waals surface area contributed by atoms with Gasteiger partial charge in [-0.15, -0.1) is 0 Å². The highest BCUT2D eigenvalue weighted by Crippen LogP contribution is 2.37. The number of rotatable bonds is 6. The summed E-state index contributed by atoms with van der Waals surface area (Å²) in [5, 5.41) is 3.94. The molecule has 0 saturated heterocycles. The number of amides is 1. The van der Waals surface area contributed by atoms with Crippen LogP contribution in [-0.2, 0) is 22.9 Å². The average Bonchev–Trinajstić information content (AvgIpc) is 3.21. The minimum Gasteiger partial charge on any atom is -0.348 e. The Bertz CT molecular complexity index is 1310. The molecule has 1 aromatic heterocycles. The lowest BCUT2D eigenvalue weighted by molar-refractivity contribution is -0.181. The van der Waals surface area contributed by atoms with E-state index in [0.29, 0.717) is 29.8 Å². The Morgan fingerprint density at radius 1 is 1.03 bits per heavy atom. The van der Waals surface area contributed by atoms with Crippen LogP contribution >= 0.6 is 0 Å². The van der Waals surface area contributed by atoms with E-state index < -0.39 is 21.9 Å². The fourth-order valence-electron chi connectivity index (χ4n) is 4.67. The van der Waals surface area contributed by atoms with E-state index >= 15 is 0 Å². The summed E-state index contributed by atoms with van der Waals surface area (Å²) in [5.74, 6) is -1.07. The van der Waals surface area contributed by atoms with Crippen LogP contribution in [0.3, 0.4) is 0 Å². The number of nitrogens with zero attached hydrogens (tertiary/aromatic N) is 1. The lowest BCUT2D eigenvalue weighted by Gasteiger charge is -2.23. The van der Waals surface area contributed by atoms with Crippen molar-refractivity contribution >= 4 is 26.6 Å². The number of alkyl halides is 3. The summed E-state index contributed by atoms with van der Waals surface area (Å²) >= 11 is 0. The van der Waals surface area contributed by atoms with Gasteiger partial charge in [-0.05, 0) is 68.7 Å². The summed E-state index contributed by atoms with van der Waals surface area (Å²) in [7, 11) is -3.20. The molecule has 5 nitrogen and oxygen atoms in total. The number of nitrogens with one attached hydrogen (secondary N) is 1. The van der Waals surface area contributed by atoms with Crippen LogP contribution in [0, 0.1) is 12.8 Å². The van der Waals surface area contributed by atoms with Crippen LogP contribution in [0.2, 0.25) is 0 Å². The zero-order valence-corrected chi connectivity index (χ0v) is 22.4. The number of halogens is 3. The smallest absolute Gasteiger partial charge is 0.348 e. The molecule has 9 heteroatoms. The zero-order valence-electron chi connectivity index (χ0n) is 21.6. The SMILES string of the molecule is CCn1c(C)cc2cc(C(=O)NCc3ccc(S(=O)(=O)CC)cc3)ccc21.FC(F)(F)C1CCCCC1.[HH]. The van der Waals surface area contributed by atoms with E-state index in [2.05, 4.69) is 29.8 Å². The fourth-order valence-corrected chi connectivity index (χ4v) is 5.55. The van der Waals surface area contributed by atoms with Crippen molar-refractivity contribution < 1.29 is 27.8 Å². The lowest BCUT2D eigenvalue weighted by atomic mass is 9.89. The number of aromatic nitrogens is 1. The minimum absolute atomic E-state index is 0. The molecule has 0 atom stereocenters. The van der Waals surface area contributed by atoms with Crippen LogP contribution in [0.4, 0.5) is 13.2 Å². The fraction of sp³-hybridized carbons (Fsp3) is 0.464. The Morgan fingerprint density at radius 2 is 1.68 bits per heavy atom. The molecule has 0 unspecified atom stereocenters.